The van der Waals surface area contributed by atoms with Crippen LogP contribution in [0.3, 0.4) is 0 Å². The van der Waals surface area contributed by atoms with Gasteiger partial charge in [-0.2, -0.15) is 4.98 Å². The number of nitrogen functional groups attached to an aromatic ring is 1. The van der Waals surface area contributed by atoms with Gasteiger partial charge in [0.1, 0.15) is 5.69 Å². The number of ether oxygens (including phenoxy) is 1. The third kappa shape index (κ3) is 5.48. The number of nitrogens with one attached hydrogen (secondary N) is 2. The molecule has 0 bridgehead atoms. The molecule has 0 amide bonds. The summed E-state index contributed by atoms with van der Waals surface area (Å²) >= 11 is 0. The number of hydrazine groups is 1. The minimum atomic E-state index is -0.507. The molecule has 0 aliphatic rings. The molecule has 0 fully saturated rings. The number of anilines is 2. The van der Waals surface area contributed by atoms with Crippen LogP contribution in [0.4, 0.5) is 17.5 Å². The van der Waals surface area contributed by atoms with Crippen LogP contribution in [0.1, 0.15) is 26.0 Å². The Hall–Kier alpha value is -2.00. The van der Waals surface area contributed by atoms with Crippen LogP contribution < -0.4 is 16.6 Å². The molecule has 0 aromatic carbocycles. The quantitative estimate of drug-likeness (QED) is 0.270. The lowest BCUT2D eigenvalue weighted by molar-refractivity contribution is -0.385. The van der Waals surface area contributed by atoms with Crippen LogP contribution in [0, 0.1) is 23.0 Å². The number of rotatable bonds is 9. The van der Waals surface area contributed by atoms with Crippen LogP contribution in [0.2, 0.25) is 0 Å². The van der Waals surface area contributed by atoms with E-state index in [1.807, 2.05) is 0 Å². The van der Waals surface area contributed by atoms with E-state index < -0.39 is 4.92 Å². The first-order valence-corrected chi connectivity index (χ1v) is 6.77. The molecule has 0 saturated carbocycles. The second kappa shape index (κ2) is 8.32. The molecular formula is C12H22N6O3. The van der Waals surface area contributed by atoms with Gasteiger partial charge in [0.15, 0.2) is 0 Å². The molecule has 0 radical (unpaired) electrons. The normalized spacial score (nSPS) is 10.7. The highest BCUT2D eigenvalue weighted by Gasteiger charge is 2.21. The van der Waals surface area contributed by atoms with Gasteiger partial charge in [0.2, 0.25) is 11.8 Å². The highest BCUT2D eigenvalue weighted by atomic mass is 16.6. The summed E-state index contributed by atoms with van der Waals surface area (Å²) < 4.78 is 5.44. The molecule has 0 spiro atoms. The van der Waals surface area contributed by atoms with Gasteiger partial charge in [-0.05, 0) is 19.3 Å². The zero-order valence-electron chi connectivity index (χ0n) is 12.5. The van der Waals surface area contributed by atoms with E-state index in [4.69, 9.17) is 10.6 Å². The first kappa shape index (κ1) is 17.1. The first-order chi connectivity index (χ1) is 9.95. The van der Waals surface area contributed by atoms with Crippen molar-refractivity contribution in [2.24, 2.45) is 11.8 Å². The van der Waals surface area contributed by atoms with Crippen molar-refractivity contribution < 1.29 is 9.66 Å². The molecule has 21 heavy (non-hydrogen) atoms. The van der Waals surface area contributed by atoms with Crippen molar-refractivity contribution >= 4 is 17.5 Å². The Labute approximate surface area is 123 Å². The third-order valence-corrected chi connectivity index (χ3v) is 2.58. The van der Waals surface area contributed by atoms with Crippen LogP contribution in [-0.2, 0) is 4.74 Å². The van der Waals surface area contributed by atoms with Crippen molar-refractivity contribution in [2.45, 2.75) is 27.2 Å². The van der Waals surface area contributed by atoms with E-state index in [9.17, 15) is 10.1 Å². The molecule has 1 aromatic rings. The molecule has 9 heteroatoms. The van der Waals surface area contributed by atoms with Gasteiger partial charge in [-0.25, -0.2) is 10.8 Å². The van der Waals surface area contributed by atoms with E-state index in [2.05, 4.69) is 34.6 Å². The second-order valence-corrected chi connectivity index (χ2v) is 4.98. The zero-order valence-corrected chi connectivity index (χ0v) is 12.5. The van der Waals surface area contributed by atoms with Gasteiger partial charge in [-0.15, -0.1) is 0 Å². The van der Waals surface area contributed by atoms with Crippen LogP contribution >= 0.6 is 0 Å². The summed E-state index contributed by atoms with van der Waals surface area (Å²) in [6, 6.07) is 0. The number of aromatic nitrogens is 2. The summed E-state index contributed by atoms with van der Waals surface area (Å²) in [5.41, 5.74) is 2.40. The largest absolute Gasteiger partial charge is 0.381 e. The minimum absolute atomic E-state index is 0.136. The fraction of sp³-hybridized carbons (Fsp3) is 0.667. The van der Waals surface area contributed by atoms with E-state index in [0.29, 0.717) is 25.7 Å². The molecule has 0 aliphatic carbocycles. The van der Waals surface area contributed by atoms with Crippen LogP contribution in [0.5, 0.6) is 0 Å². The maximum Gasteiger partial charge on any atom is 0.332 e. The first-order valence-electron chi connectivity index (χ1n) is 6.77. The molecular weight excluding hydrogens is 276 g/mol. The lowest BCUT2D eigenvalue weighted by Crippen LogP contribution is -2.15. The summed E-state index contributed by atoms with van der Waals surface area (Å²) in [6.07, 6.45) is 0.721. The number of hydrogen-bond donors (Lipinski definition) is 3. The van der Waals surface area contributed by atoms with Gasteiger partial charge < -0.3 is 10.1 Å². The van der Waals surface area contributed by atoms with Crippen molar-refractivity contribution in [3.63, 3.8) is 0 Å². The maximum absolute atomic E-state index is 11.1. The standard InChI is InChI=1S/C12H22N6O3/c1-8(2)7-21-6-4-5-14-11-10(18(19)20)9(3)15-12(16-11)17-13/h8H,4-7,13H2,1-3H3,(H2,14,15,16,17). The Balaban J connectivity index is 2.60. The summed E-state index contributed by atoms with van der Waals surface area (Å²) in [6.45, 7) is 7.50. The van der Waals surface area contributed by atoms with Crippen molar-refractivity contribution in [3.8, 4) is 0 Å². The number of aryl methyl sites for hydroxylation is 1. The van der Waals surface area contributed by atoms with Crippen LogP contribution in [0.15, 0.2) is 0 Å². The van der Waals surface area contributed by atoms with E-state index in [1.165, 1.54) is 6.92 Å². The maximum atomic E-state index is 11.1. The summed E-state index contributed by atoms with van der Waals surface area (Å²) in [5, 5.41) is 14.0. The van der Waals surface area contributed by atoms with Gasteiger partial charge in [0.25, 0.3) is 0 Å². The Morgan fingerprint density at radius 2 is 2.14 bits per heavy atom. The van der Waals surface area contributed by atoms with E-state index in [1.54, 1.807) is 0 Å². The smallest absolute Gasteiger partial charge is 0.332 e. The van der Waals surface area contributed by atoms with Gasteiger partial charge in [-0.1, -0.05) is 13.8 Å². The summed E-state index contributed by atoms with van der Waals surface area (Å²) in [5.74, 6) is 6.02. The predicted octanol–water partition coefficient (Wildman–Crippen LogP) is 1.45. The van der Waals surface area contributed by atoms with Gasteiger partial charge in [0, 0.05) is 19.8 Å². The molecule has 1 rings (SSSR count). The molecule has 4 N–H and O–H groups in total. The Morgan fingerprint density at radius 3 is 2.71 bits per heavy atom. The third-order valence-electron chi connectivity index (χ3n) is 2.58. The van der Waals surface area contributed by atoms with Crippen molar-refractivity contribution in [2.75, 3.05) is 30.5 Å². The number of nitro groups is 1. The van der Waals surface area contributed by atoms with E-state index >= 15 is 0 Å². The van der Waals surface area contributed by atoms with Crippen molar-refractivity contribution in [1.29, 1.82) is 0 Å². The van der Waals surface area contributed by atoms with Crippen LogP contribution in [-0.4, -0.2) is 34.6 Å². The lowest BCUT2D eigenvalue weighted by atomic mass is 10.2. The minimum Gasteiger partial charge on any atom is -0.381 e. The topological polar surface area (TPSA) is 128 Å². The zero-order chi connectivity index (χ0) is 15.8. The average molecular weight is 298 g/mol. The molecule has 0 atom stereocenters. The molecule has 0 aliphatic heterocycles. The second-order valence-electron chi connectivity index (χ2n) is 4.98. The van der Waals surface area contributed by atoms with E-state index in [0.717, 1.165) is 6.42 Å². The fourth-order valence-electron chi connectivity index (χ4n) is 1.67. The molecule has 118 valence electrons. The lowest BCUT2D eigenvalue weighted by Gasteiger charge is -2.10. The molecule has 1 heterocycles. The van der Waals surface area contributed by atoms with Crippen molar-refractivity contribution in [1.82, 2.24) is 9.97 Å². The predicted molar refractivity (Wildman–Crippen MR) is 80.0 cm³/mol. The Kier molecular flexibility index (Phi) is 6.76. The molecule has 0 saturated heterocycles. The van der Waals surface area contributed by atoms with Crippen molar-refractivity contribution in [3.05, 3.63) is 15.8 Å². The monoisotopic (exact) mass is 298 g/mol. The average Bonchev–Trinajstić information content (AvgIpc) is 2.41. The van der Waals surface area contributed by atoms with Gasteiger partial charge in [0.05, 0.1) is 4.92 Å². The number of hydrogen-bond acceptors (Lipinski definition) is 8. The summed E-state index contributed by atoms with van der Waals surface area (Å²) in [4.78, 5) is 18.4. The van der Waals surface area contributed by atoms with Crippen LogP contribution in [0.25, 0.3) is 0 Å². The fourth-order valence-corrected chi connectivity index (χ4v) is 1.67. The Morgan fingerprint density at radius 1 is 1.43 bits per heavy atom. The SMILES string of the molecule is Cc1nc(NN)nc(NCCCOCC(C)C)c1[N+](=O)[O-]. The van der Waals surface area contributed by atoms with Gasteiger partial charge in [-0.3, -0.25) is 15.5 Å². The Bertz CT molecular complexity index is 480. The highest BCUT2D eigenvalue weighted by molar-refractivity contribution is 5.60. The number of nitrogens with zero attached hydrogens (tertiary/aromatic N) is 3. The number of nitrogens with two attached hydrogens (primary N) is 1. The van der Waals surface area contributed by atoms with Gasteiger partial charge >= 0.3 is 5.69 Å². The van der Waals surface area contributed by atoms with E-state index in [-0.39, 0.29) is 23.1 Å². The molecule has 1 aromatic heterocycles. The highest BCUT2D eigenvalue weighted by Crippen LogP contribution is 2.26. The molecule has 9 nitrogen and oxygen atoms in total. The molecule has 0 unspecified atom stereocenters. The summed E-state index contributed by atoms with van der Waals surface area (Å²) in [7, 11) is 0.